The van der Waals surface area contributed by atoms with Gasteiger partial charge in [0.1, 0.15) is 5.60 Å². The van der Waals surface area contributed by atoms with Crippen LogP contribution in [0.15, 0.2) is 11.4 Å². The molecular formula is C16H24N6O5S. The highest BCUT2D eigenvalue weighted by Crippen LogP contribution is 2.26. The van der Waals surface area contributed by atoms with Crippen molar-refractivity contribution in [2.24, 2.45) is 0 Å². The Bertz CT molecular complexity index is 972. The lowest BCUT2D eigenvalue weighted by atomic mass is 10.2. The van der Waals surface area contributed by atoms with E-state index < -0.39 is 27.4 Å². The third-order valence-electron chi connectivity index (χ3n) is 4.27. The Morgan fingerprint density at radius 3 is 2.29 bits per heavy atom. The number of rotatable bonds is 2. The zero-order valence-corrected chi connectivity index (χ0v) is 17.2. The number of anilines is 2. The molecule has 2 aliphatic heterocycles. The number of carbonyl (C=O) groups is 1. The van der Waals surface area contributed by atoms with Crippen LogP contribution in [0.3, 0.4) is 0 Å². The molecule has 0 atom stereocenters. The normalized spacial score (nSPS) is 17.7. The van der Waals surface area contributed by atoms with Crippen LogP contribution in [0.2, 0.25) is 0 Å². The number of aromatic nitrogens is 3. The molecule has 1 saturated heterocycles. The summed E-state index contributed by atoms with van der Waals surface area (Å²) in [5.41, 5.74) is -0.916. The second-order valence-electron chi connectivity index (χ2n) is 7.73. The molecule has 28 heavy (non-hydrogen) atoms. The van der Waals surface area contributed by atoms with Crippen molar-refractivity contribution in [2.45, 2.75) is 26.4 Å². The van der Waals surface area contributed by atoms with Crippen LogP contribution in [0, 0.1) is 0 Å². The first-order valence-electron chi connectivity index (χ1n) is 8.76. The number of piperazine rings is 1. The summed E-state index contributed by atoms with van der Waals surface area (Å²) in [4.78, 5) is 36.2. The van der Waals surface area contributed by atoms with E-state index in [0.717, 1.165) is 15.1 Å². The van der Waals surface area contributed by atoms with Gasteiger partial charge in [-0.05, 0) is 20.8 Å². The molecule has 1 fully saturated rings. The van der Waals surface area contributed by atoms with Crippen LogP contribution in [-0.4, -0.2) is 78.5 Å². The van der Waals surface area contributed by atoms with Crippen LogP contribution in [-0.2, 0) is 14.8 Å². The molecule has 1 aromatic heterocycles. The molecule has 0 spiro atoms. The van der Waals surface area contributed by atoms with Gasteiger partial charge in [-0.3, -0.25) is 0 Å². The van der Waals surface area contributed by atoms with Crippen LogP contribution in [0.5, 0.6) is 0 Å². The number of ether oxygens (including phenoxy) is 1. The van der Waals surface area contributed by atoms with E-state index in [4.69, 9.17) is 4.74 Å². The van der Waals surface area contributed by atoms with E-state index >= 15 is 0 Å². The molecule has 3 rings (SSSR count). The number of hydrogen-bond donors (Lipinski definition) is 0. The number of nitrogens with zero attached hydrogens (tertiary/aromatic N) is 6. The quantitative estimate of drug-likeness (QED) is 0.663. The second-order valence-corrected chi connectivity index (χ2v) is 9.64. The fourth-order valence-corrected chi connectivity index (χ4v) is 3.76. The standard InChI is InChI=1S/C16H24N6O5S/c1-11-10-21(28(5,25)26)13-17-12(18-14(23)22(11)13)19-6-8-20(9-7-19)15(24)27-16(2,3)4/h1,6-10H2,2-5H3. The fraction of sp³-hybridized carbons (Fsp3) is 0.625. The second kappa shape index (κ2) is 6.76. The summed E-state index contributed by atoms with van der Waals surface area (Å²) in [6, 6.07) is 0. The van der Waals surface area contributed by atoms with Gasteiger partial charge in [0.15, 0.2) is 0 Å². The summed E-state index contributed by atoms with van der Waals surface area (Å²) >= 11 is 0. The molecule has 0 aromatic carbocycles. The van der Waals surface area contributed by atoms with Crippen molar-refractivity contribution in [1.82, 2.24) is 19.4 Å². The number of fused-ring (bicyclic) bond motifs is 1. The van der Waals surface area contributed by atoms with E-state index in [1.807, 2.05) is 0 Å². The first kappa shape index (κ1) is 20.1. The lowest BCUT2D eigenvalue weighted by Gasteiger charge is -2.35. The van der Waals surface area contributed by atoms with E-state index in [0.29, 0.717) is 31.9 Å². The largest absolute Gasteiger partial charge is 0.444 e. The number of sulfonamides is 1. The van der Waals surface area contributed by atoms with E-state index in [1.54, 1.807) is 30.6 Å². The SMILES string of the molecule is C=C1CN(S(C)(=O)=O)c2nc(N3CCN(C(=O)OC(C)(C)C)CC3)nc(=O)n21. The summed E-state index contributed by atoms with van der Waals surface area (Å²) in [5.74, 6) is 0.112. The van der Waals surface area contributed by atoms with Gasteiger partial charge in [0.2, 0.25) is 21.9 Å². The van der Waals surface area contributed by atoms with Crippen LogP contribution >= 0.6 is 0 Å². The molecule has 3 heterocycles. The topological polar surface area (TPSA) is 118 Å². The predicted molar refractivity (Wildman–Crippen MR) is 104 cm³/mol. The third kappa shape index (κ3) is 3.96. The fourth-order valence-electron chi connectivity index (χ4n) is 2.96. The van der Waals surface area contributed by atoms with Crippen LogP contribution in [0.25, 0.3) is 5.70 Å². The van der Waals surface area contributed by atoms with E-state index in [-0.39, 0.29) is 18.4 Å². The van der Waals surface area contributed by atoms with Gasteiger partial charge in [-0.2, -0.15) is 9.97 Å². The molecule has 1 amide bonds. The molecule has 0 bridgehead atoms. The van der Waals surface area contributed by atoms with Crippen LogP contribution in [0.4, 0.5) is 16.7 Å². The van der Waals surface area contributed by atoms with Gasteiger partial charge in [-0.1, -0.05) is 6.58 Å². The van der Waals surface area contributed by atoms with Gasteiger partial charge >= 0.3 is 11.8 Å². The third-order valence-corrected chi connectivity index (χ3v) is 5.36. The lowest BCUT2D eigenvalue weighted by molar-refractivity contribution is 0.0240. The summed E-state index contributed by atoms with van der Waals surface area (Å²) < 4.78 is 31.5. The lowest BCUT2D eigenvalue weighted by Crippen LogP contribution is -2.51. The molecule has 0 unspecified atom stereocenters. The zero-order valence-electron chi connectivity index (χ0n) is 16.4. The number of carbonyl (C=O) groups excluding carboxylic acids is 1. The minimum atomic E-state index is -3.62. The molecule has 2 aliphatic rings. The highest BCUT2D eigenvalue weighted by Gasteiger charge is 2.34. The van der Waals surface area contributed by atoms with Gasteiger partial charge in [0.05, 0.1) is 12.8 Å². The maximum atomic E-state index is 12.4. The molecule has 11 nitrogen and oxygen atoms in total. The van der Waals surface area contributed by atoms with E-state index in [1.165, 1.54) is 0 Å². The van der Waals surface area contributed by atoms with Crippen molar-refractivity contribution < 1.29 is 17.9 Å². The first-order valence-corrected chi connectivity index (χ1v) is 10.6. The molecule has 0 aliphatic carbocycles. The van der Waals surface area contributed by atoms with Crippen molar-refractivity contribution in [3.8, 4) is 0 Å². The minimum Gasteiger partial charge on any atom is -0.444 e. The zero-order chi connectivity index (χ0) is 20.9. The Hall–Kier alpha value is -2.63. The highest BCUT2D eigenvalue weighted by atomic mass is 32.2. The van der Waals surface area contributed by atoms with Crippen molar-refractivity contribution >= 4 is 33.7 Å². The smallest absolute Gasteiger partial charge is 0.410 e. The monoisotopic (exact) mass is 412 g/mol. The van der Waals surface area contributed by atoms with Crippen LogP contribution in [0.1, 0.15) is 20.8 Å². The molecular weight excluding hydrogens is 388 g/mol. The first-order chi connectivity index (χ1) is 12.9. The Morgan fingerprint density at radius 2 is 1.75 bits per heavy atom. The number of hydrogen-bond acceptors (Lipinski definition) is 8. The van der Waals surface area contributed by atoms with Crippen molar-refractivity contribution in [2.75, 3.05) is 48.2 Å². The highest BCUT2D eigenvalue weighted by molar-refractivity contribution is 7.92. The molecule has 0 radical (unpaired) electrons. The molecule has 154 valence electrons. The number of amides is 1. The summed E-state index contributed by atoms with van der Waals surface area (Å²) in [6.07, 6.45) is 0.642. The average molecular weight is 412 g/mol. The summed E-state index contributed by atoms with van der Waals surface area (Å²) in [6.45, 7) is 10.6. The van der Waals surface area contributed by atoms with E-state index in [2.05, 4.69) is 16.5 Å². The molecule has 1 aromatic rings. The molecule has 0 N–H and O–H groups in total. The van der Waals surface area contributed by atoms with Crippen molar-refractivity contribution in [3.63, 3.8) is 0 Å². The Kier molecular flexibility index (Phi) is 4.86. The average Bonchev–Trinajstić information content (AvgIpc) is 2.91. The Labute approximate surface area is 163 Å². The van der Waals surface area contributed by atoms with Gasteiger partial charge in [0, 0.05) is 31.9 Å². The van der Waals surface area contributed by atoms with Gasteiger partial charge in [0.25, 0.3) is 0 Å². The van der Waals surface area contributed by atoms with Crippen molar-refractivity contribution in [1.29, 1.82) is 0 Å². The van der Waals surface area contributed by atoms with Crippen LogP contribution < -0.4 is 14.9 Å². The summed E-state index contributed by atoms with van der Waals surface area (Å²) in [7, 11) is -3.62. The van der Waals surface area contributed by atoms with Gasteiger partial charge < -0.3 is 14.5 Å². The maximum absolute atomic E-state index is 12.4. The van der Waals surface area contributed by atoms with Gasteiger partial charge in [-0.15, -0.1) is 0 Å². The molecule has 12 heteroatoms. The Morgan fingerprint density at radius 1 is 1.14 bits per heavy atom. The van der Waals surface area contributed by atoms with Gasteiger partial charge in [-0.25, -0.2) is 26.9 Å². The molecule has 0 saturated carbocycles. The summed E-state index contributed by atoms with van der Waals surface area (Å²) in [5, 5.41) is 0. The maximum Gasteiger partial charge on any atom is 0.410 e. The van der Waals surface area contributed by atoms with E-state index in [9.17, 15) is 18.0 Å². The van der Waals surface area contributed by atoms with Crippen molar-refractivity contribution in [3.05, 3.63) is 17.1 Å². The Balaban J connectivity index is 1.80. The predicted octanol–water partition coefficient (Wildman–Crippen LogP) is -0.0543. The minimum absolute atomic E-state index is 0.0166.